The van der Waals surface area contributed by atoms with E-state index < -0.39 is 0 Å². The predicted molar refractivity (Wildman–Crippen MR) is 87.9 cm³/mol. The average molecular weight is 331 g/mol. The van der Waals surface area contributed by atoms with Gasteiger partial charge in [0.2, 0.25) is 0 Å². The van der Waals surface area contributed by atoms with Gasteiger partial charge in [-0.2, -0.15) is 0 Å². The summed E-state index contributed by atoms with van der Waals surface area (Å²) in [7, 11) is 1.84. The van der Waals surface area contributed by atoms with E-state index in [0.29, 0.717) is 12.4 Å². The van der Waals surface area contributed by atoms with Gasteiger partial charge in [-0.25, -0.2) is 9.18 Å². The van der Waals surface area contributed by atoms with Crippen LogP contribution in [-0.2, 0) is 12.5 Å². The second-order valence-corrected chi connectivity index (χ2v) is 6.49. The largest absolute Gasteiger partial charge is 0.337 e. The number of rotatable bonds is 5. The zero-order valence-electron chi connectivity index (χ0n) is 13.9. The summed E-state index contributed by atoms with van der Waals surface area (Å²) in [6, 6.07) is 6.11. The molecule has 2 N–H and O–H groups in total. The smallest absolute Gasteiger partial charge is 0.315 e. The topological polar surface area (TPSA) is 71.8 Å². The molecule has 1 aliphatic rings. The number of urea groups is 1. The minimum Gasteiger partial charge on any atom is -0.337 e. The summed E-state index contributed by atoms with van der Waals surface area (Å²) in [5.74, 6) is 0.457. The lowest BCUT2D eigenvalue weighted by Gasteiger charge is -2.42. The van der Waals surface area contributed by atoms with E-state index in [0.717, 1.165) is 24.8 Å². The van der Waals surface area contributed by atoms with Crippen LogP contribution < -0.4 is 10.6 Å². The van der Waals surface area contributed by atoms with Crippen LogP contribution in [0.2, 0.25) is 0 Å². The summed E-state index contributed by atoms with van der Waals surface area (Å²) < 4.78 is 14.9. The first-order valence-corrected chi connectivity index (χ1v) is 8.14. The highest BCUT2D eigenvalue weighted by Gasteiger charge is 2.38. The number of aryl methyl sites for hydroxylation is 1. The molecule has 0 bridgehead atoms. The molecule has 6 nitrogen and oxygen atoms in total. The highest BCUT2D eigenvalue weighted by Crippen LogP contribution is 2.43. The standard InChI is InChI=1S/C17H22FN5O/c1-12(15-22-20-11-23(15)2)21-16(24)19-10-17(8-3-9-17)13-4-6-14(18)7-5-13/h4-7,11-12H,3,8-10H2,1-2H3,(H2,19,21,24)/t12-/m0/s1. The van der Waals surface area contributed by atoms with Crippen molar-refractivity contribution in [2.45, 2.75) is 37.6 Å². The number of hydrogen-bond acceptors (Lipinski definition) is 3. The van der Waals surface area contributed by atoms with Crippen LogP contribution in [0.15, 0.2) is 30.6 Å². The summed E-state index contributed by atoms with van der Waals surface area (Å²) in [6.07, 6.45) is 4.72. The maximum Gasteiger partial charge on any atom is 0.315 e. The van der Waals surface area contributed by atoms with E-state index >= 15 is 0 Å². The highest BCUT2D eigenvalue weighted by molar-refractivity contribution is 5.74. The van der Waals surface area contributed by atoms with Crippen LogP contribution in [0.4, 0.5) is 9.18 Å². The molecule has 0 unspecified atom stereocenters. The molecule has 1 aromatic carbocycles. The number of amides is 2. The van der Waals surface area contributed by atoms with Crippen LogP contribution in [0.3, 0.4) is 0 Å². The predicted octanol–water partition coefficient (Wildman–Crippen LogP) is 2.44. The first-order chi connectivity index (χ1) is 11.5. The van der Waals surface area contributed by atoms with Crippen LogP contribution in [0.5, 0.6) is 0 Å². The Balaban J connectivity index is 1.58. The Bertz CT molecular complexity index is 708. The molecule has 1 saturated carbocycles. The van der Waals surface area contributed by atoms with E-state index in [9.17, 15) is 9.18 Å². The van der Waals surface area contributed by atoms with Gasteiger partial charge in [0.05, 0.1) is 6.04 Å². The molecular formula is C17H22FN5O. The van der Waals surface area contributed by atoms with Gasteiger partial charge in [0.15, 0.2) is 5.82 Å². The first kappa shape index (κ1) is 16.4. The van der Waals surface area contributed by atoms with Crippen molar-refractivity contribution < 1.29 is 9.18 Å². The van der Waals surface area contributed by atoms with Gasteiger partial charge >= 0.3 is 6.03 Å². The molecular weight excluding hydrogens is 309 g/mol. The number of halogens is 1. The maximum absolute atomic E-state index is 13.1. The van der Waals surface area contributed by atoms with Gasteiger partial charge in [-0.15, -0.1) is 10.2 Å². The van der Waals surface area contributed by atoms with E-state index in [2.05, 4.69) is 20.8 Å². The maximum atomic E-state index is 13.1. The van der Waals surface area contributed by atoms with Crippen molar-refractivity contribution in [2.24, 2.45) is 7.05 Å². The van der Waals surface area contributed by atoms with Crippen LogP contribution >= 0.6 is 0 Å². The lowest BCUT2D eigenvalue weighted by Crippen LogP contribution is -2.48. The molecule has 1 heterocycles. The molecule has 128 valence electrons. The van der Waals surface area contributed by atoms with Gasteiger partial charge in [0, 0.05) is 19.0 Å². The molecule has 1 atom stereocenters. The number of aromatic nitrogens is 3. The Morgan fingerprint density at radius 1 is 1.38 bits per heavy atom. The fraction of sp³-hybridized carbons (Fsp3) is 0.471. The van der Waals surface area contributed by atoms with Crippen LogP contribution in [0.1, 0.15) is 43.6 Å². The summed E-state index contributed by atoms with van der Waals surface area (Å²) >= 11 is 0. The van der Waals surface area contributed by atoms with Crippen molar-refractivity contribution in [2.75, 3.05) is 6.54 Å². The molecule has 0 radical (unpaired) electrons. The molecule has 7 heteroatoms. The molecule has 0 spiro atoms. The average Bonchev–Trinajstić information content (AvgIpc) is 2.94. The van der Waals surface area contributed by atoms with Crippen molar-refractivity contribution in [3.05, 3.63) is 47.8 Å². The number of carbonyl (C=O) groups is 1. The summed E-state index contributed by atoms with van der Waals surface area (Å²) in [6.45, 7) is 2.40. The number of nitrogens with zero attached hydrogens (tertiary/aromatic N) is 3. The number of benzene rings is 1. The van der Waals surface area contributed by atoms with Gasteiger partial charge in [-0.05, 0) is 37.5 Å². The third-order valence-corrected chi connectivity index (χ3v) is 4.84. The van der Waals surface area contributed by atoms with E-state index in [1.165, 1.54) is 12.1 Å². The SMILES string of the molecule is C[C@H](NC(=O)NCC1(c2ccc(F)cc2)CCC1)c1nncn1C. The minimum atomic E-state index is -0.239. The lowest BCUT2D eigenvalue weighted by molar-refractivity contribution is 0.212. The summed E-state index contributed by atoms with van der Waals surface area (Å²) in [5.41, 5.74) is 0.996. The second kappa shape index (κ2) is 6.59. The lowest BCUT2D eigenvalue weighted by atomic mass is 9.64. The third kappa shape index (κ3) is 3.25. The number of carbonyl (C=O) groups excluding carboxylic acids is 1. The van der Waals surface area contributed by atoms with Crippen LogP contribution in [0, 0.1) is 5.82 Å². The van der Waals surface area contributed by atoms with E-state index in [4.69, 9.17) is 0 Å². The monoisotopic (exact) mass is 331 g/mol. The Morgan fingerprint density at radius 2 is 2.08 bits per heavy atom. The van der Waals surface area contributed by atoms with Gasteiger partial charge in [0.25, 0.3) is 0 Å². The number of nitrogens with one attached hydrogen (secondary N) is 2. The molecule has 0 saturated heterocycles. The van der Waals surface area contributed by atoms with Crippen LogP contribution in [-0.4, -0.2) is 27.3 Å². The molecule has 1 aliphatic carbocycles. The molecule has 2 amide bonds. The van der Waals surface area contributed by atoms with Gasteiger partial charge in [0.1, 0.15) is 12.1 Å². The van der Waals surface area contributed by atoms with E-state index in [1.807, 2.05) is 26.1 Å². The van der Waals surface area contributed by atoms with Gasteiger partial charge in [-0.1, -0.05) is 18.6 Å². The molecule has 24 heavy (non-hydrogen) atoms. The number of hydrogen-bond donors (Lipinski definition) is 2. The van der Waals surface area contributed by atoms with Gasteiger partial charge in [-0.3, -0.25) is 0 Å². The first-order valence-electron chi connectivity index (χ1n) is 8.14. The zero-order valence-corrected chi connectivity index (χ0v) is 13.9. The fourth-order valence-electron chi connectivity index (χ4n) is 3.22. The summed E-state index contributed by atoms with van der Waals surface area (Å²) in [4.78, 5) is 12.2. The normalized spacial score (nSPS) is 17.0. The fourth-order valence-corrected chi connectivity index (χ4v) is 3.22. The molecule has 1 fully saturated rings. The second-order valence-electron chi connectivity index (χ2n) is 6.49. The van der Waals surface area contributed by atoms with Gasteiger partial charge < -0.3 is 15.2 Å². The van der Waals surface area contributed by atoms with Crippen molar-refractivity contribution in [1.82, 2.24) is 25.4 Å². The quantitative estimate of drug-likeness (QED) is 0.884. The van der Waals surface area contributed by atoms with Crippen molar-refractivity contribution in [3.63, 3.8) is 0 Å². The van der Waals surface area contributed by atoms with Crippen molar-refractivity contribution >= 4 is 6.03 Å². The Labute approximate surface area is 140 Å². The van der Waals surface area contributed by atoms with E-state index in [-0.39, 0.29) is 23.3 Å². The van der Waals surface area contributed by atoms with Crippen molar-refractivity contribution in [3.8, 4) is 0 Å². The molecule has 3 rings (SSSR count). The Morgan fingerprint density at radius 3 is 2.62 bits per heavy atom. The molecule has 2 aromatic rings. The Hall–Kier alpha value is -2.44. The molecule has 1 aromatic heterocycles. The Kier molecular flexibility index (Phi) is 4.51. The zero-order chi connectivity index (χ0) is 17.2. The third-order valence-electron chi connectivity index (χ3n) is 4.84. The van der Waals surface area contributed by atoms with Crippen molar-refractivity contribution in [1.29, 1.82) is 0 Å². The summed E-state index contributed by atoms with van der Waals surface area (Å²) in [5, 5.41) is 13.6. The van der Waals surface area contributed by atoms with Crippen LogP contribution in [0.25, 0.3) is 0 Å². The van der Waals surface area contributed by atoms with E-state index in [1.54, 1.807) is 10.9 Å². The minimum absolute atomic E-state index is 0.0843. The molecule has 0 aliphatic heterocycles. The highest BCUT2D eigenvalue weighted by atomic mass is 19.1.